The van der Waals surface area contributed by atoms with Gasteiger partial charge in [-0.25, -0.2) is 0 Å². The molecule has 4 nitrogen and oxygen atoms in total. The molecule has 2 rings (SSSR count). The van der Waals surface area contributed by atoms with Gasteiger partial charge in [0.15, 0.2) is 0 Å². The Morgan fingerprint density at radius 1 is 1.33 bits per heavy atom. The van der Waals surface area contributed by atoms with Crippen LogP contribution in [0.25, 0.3) is 0 Å². The average molecular weight is 290 g/mol. The summed E-state index contributed by atoms with van der Waals surface area (Å²) in [5, 5.41) is 6.34. The van der Waals surface area contributed by atoms with Crippen LogP contribution in [0.4, 0.5) is 5.69 Å². The lowest BCUT2D eigenvalue weighted by molar-refractivity contribution is -0.0662. The Labute approximate surface area is 127 Å². The quantitative estimate of drug-likeness (QED) is 0.895. The van der Waals surface area contributed by atoms with Crippen LogP contribution in [0.5, 0.6) is 0 Å². The van der Waals surface area contributed by atoms with Crippen molar-refractivity contribution in [1.29, 1.82) is 0 Å². The third kappa shape index (κ3) is 3.76. The van der Waals surface area contributed by atoms with Gasteiger partial charge in [0.05, 0.1) is 17.2 Å². The number of nitrogens with one attached hydrogen (secondary N) is 2. The van der Waals surface area contributed by atoms with Gasteiger partial charge in [-0.2, -0.15) is 0 Å². The number of amides is 1. The van der Waals surface area contributed by atoms with E-state index in [2.05, 4.69) is 38.3 Å². The van der Waals surface area contributed by atoms with Crippen LogP contribution in [0.15, 0.2) is 24.3 Å². The van der Waals surface area contributed by atoms with E-state index in [0.29, 0.717) is 12.1 Å². The smallest absolute Gasteiger partial charge is 0.251 e. The molecule has 116 valence electrons. The molecule has 2 N–H and O–H groups in total. The Bertz CT molecular complexity index is 523. The summed E-state index contributed by atoms with van der Waals surface area (Å²) >= 11 is 0. The van der Waals surface area contributed by atoms with Gasteiger partial charge in [-0.3, -0.25) is 4.79 Å². The fourth-order valence-corrected chi connectivity index (χ4v) is 3.00. The molecule has 21 heavy (non-hydrogen) atoms. The lowest BCUT2D eigenvalue weighted by Gasteiger charge is -2.28. The highest BCUT2D eigenvalue weighted by atomic mass is 16.5. The molecule has 1 fully saturated rings. The normalized spacial score (nSPS) is 22.8. The zero-order valence-electron chi connectivity index (χ0n) is 13.6. The Morgan fingerprint density at radius 3 is 2.62 bits per heavy atom. The van der Waals surface area contributed by atoms with Crippen molar-refractivity contribution in [2.45, 2.75) is 58.3 Å². The van der Waals surface area contributed by atoms with E-state index in [0.717, 1.165) is 12.1 Å². The maximum atomic E-state index is 11.9. The molecule has 1 aliphatic rings. The lowest BCUT2D eigenvalue weighted by Crippen LogP contribution is -2.38. The molecule has 0 bridgehead atoms. The first-order valence-corrected chi connectivity index (χ1v) is 7.58. The summed E-state index contributed by atoms with van der Waals surface area (Å²) in [5.74, 6) is -0.0385. The van der Waals surface area contributed by atoms with Crippen molar-refractivity contribution in [2.24, 2.45) is 0 Å². The molecule has 1 aromatic carbocycles. The second-order valence-electron chi connectivity index (χ2n) is 6.81. The minimum absolute atomic E-state index is 0.0385. The van der Waals surface area contributed by atoms with Gasteiger partial charge in [0.2, 0.25) is 0 Å². The summed E-state index contributed by atoms with van der Waals surface area (Å²) in [6.07, 6.45) is 0.936. The van der Waals surface area contributed by atoms with Crippen molar-refractivity contribution < 1.29 is 9.53 Å². The van der Waals surface area contributed by atoms with Gasteiger partial charge in [0.25, 0.3) is 5.91 Å². The van der Waals surface area contributed by atoms with Crippen LogP contribution in [0.1, 0.15) is 51.4 Å². The fraction of sp³-hybridized carbons (Fsp3) is 0.588. The molecule has 1 heterocycles. The predicted molar refractivity (Wildman–Crippen MR) is 85.7 cm³/mol. The van der Waals surface area contributed by atoms with E-state index in [1.165, 1.54) is 0 Å². The minimum atomic E-state index is -0.231. The summed E-state index contributed by atoms with van der Waals surface area (Å²) in [4.78, 5) is 11.9. The summed E-state index contributed by atoms with van der Waals surface area (Å²) < 4.78 is 6.10. The molecular weight excluding hydrogens is 264 g/mol. The van der Waals surface area contributed by atoms with Gasteiger partial charge in [-0.05, 0) is 59.2 Å². The standard InChI is InChI=1S/C17H26N2O2/c1-6-18-15(20)12-8-7-9-13(10-12)19-14-11-16(2,3)21-17(14,4)5/h7-10,14,19H,6,11H2,1-5H3,(H,18,20). The van der Waals surface area contributed by atoms with Gasteiger partial charge in [-0.1, -0.05) is 6.07 Å². The maximum absolute atomic E-state index is 11.9. The molecule has 0 spiro atoms. The van der Waals surface area contributed by atoms with Crippen molar-refractivity contribution in [3.05, 3.63) is 29.8 Å². The summed E-state index contributed by atoms with van der Waals surface area (Å²) in [7, 11) is 0. The first kappa shape index (κ1) is 15.8. The van der Waals surface area contributed by atoms with Crippen LogP contribution in [0.3, 0.4) is 0 Å². The molecule has 1 saturated heterocycles. The zero-order chi connectivity index (χ0) is 15.7. The molecule has 1 amide bonds. The van der Waals surface area contributed by atoms with E-state index in [-0.39, 0.29) is 23.2 Å². The highest BCUT2D eigenvalue weighted by Crippen LogP contribution is 2.38. The van der Waals surface area contributed by atoms with Crippen LogP contribution in [-0.2, 0) is 4.74 Å². The van der Waals surface area contributed by atoms with Crippen LogP contribution in [-0.4, -0.2) is 29.7 Å². The molecule has 0 radical (unpaired) electrons. The van der Waals surface area contributed by atoms with E-state index in [1.54, 1.807) is 0 Å². The Morgan fingerprint density at radius 2 is 2.05 bits per heavy atom. The number of hydrogen-bond acceptors (Lipinski definition) is 3. The topological polar surface area (TPSA) is 50.4 Å². The van der Waals surface area contributed by atoms with Crippen LogP contribution >= 0.6 is 0 Å². The van der Waals surface area contributed by atoms with Gasteiger partial charge < -0.3 is 15.4 Å². The first-order valence-electron chi connectivity index (χ1n) is 7.58. The van der Waals surface area contributed by atoms with Crippen LogP contribution < -0.4 is 10.6 Å². The molecule has 1 aromatic rings. The summed E-state index contributed by atoms with van der Waals surface area (Å²) in [6.45, 7) is 11.0. The highest BCUT2D eigenvalue weighted by molar-refractivity contribution is 5.95. The molecule has 4 heteroatoms. The van der Waals surface area contributed by atoms with Gasteiger partial charge in [0, 0.05) is 17.8 Å². The van der Waals surface area contributed by atoms with Crippen molar-refractivity contribution in [2.75, 3.05) is 11.9 Å². The number of carbonyl (C=O) groups is 1. The SMILES string of the molecule is CCNC(=O)c1cccc(NC2CC(C)(C)OC2(C)C)c1. The molecule has 0 aliphatic carbocycles. The zero-order valence-corrected chi connectivity index (χ0v) is 13.6. The predicted octanol–water partition coefficient (Wildman–Crippen LogP) is 3.19. The number of anilines is 1. The van der Waals surface area contributed by atoms with E-state index in [1.807, 2.05) is 31.2 Å². The second-order valence-corrected chi connectivity index (χ2v) is 6.81. The first-order chi connectivity index (χ1) is 9.73. The van der Waals surface area contributed by atoms with Gasteiger partial charge in [0.1, 0.15) is 0 Å². The van der Waals surface area contributed by atoms with Crippen molar-refractivity contribution in [3.63, 3.8) is 0 Å². The van der Waals surface area contributed by atoms with Crippen LogP contribution in [0, 0.1) is 0 Å². The number of rotatable bonds is 4. The number of ether oxygens (including phenoxy) is 1. The highest BCUT2D eigenvalue weighted by Gasteiger charge is 2.45. The molecule has 0 saturated carbocycles. The number of hydrogen-bond donors (Lipinski definition) is 2. The van der Waals surface area contributed by atoms with E-state index < -0.39 is 0 Å². The Hall–Kier alpha value is -1.55. The third-order valence-electron chi connectivity index (χ3n) is 3.88. The van der Waals surface area contributed by atoms with Gasteiger partial charge in [-0.15, -0.1) is 0 Å². The fourth-order valence-electron chi connectivity index (χ4n) is 3.00. The minimum Gasteiger partial charge on any atom is -0.379 e. The van der Waals surface area contributed by atoms with Crippen molar-refractivity contribution in [3.8, 4) is 0 Å². The Kier molecular flexibility index (Phi) is 4.28. The molecule has 1 unspecified atom stereocenters. The monoisotopic (exact) mass is 290 g/mol. The largest absolute Gasteiger partial charge is 0.379 e. The number of carbonyl (C=O) groups excluding carboxylic acids is 1. The van der Waals surface area contributed by atoms with Crippen LogP contribution in [0.2, 0.25) is 0 Å². The van der Waals surface area contributed by atoms with Crippen molar-refractivity contribution in [1.82, 2.24) is 5.32 Å². The van der Waals surface area contributed by atoms with E-state index >= 15 is 0 Å². The van der Waals surface area contributed by atoms with Gasteiger partial charge >= 0.3 is 0 Å². The number of benzene rings is 1. The maximum Gasteiger partial charge on any atom is 0.251 e. The average Bonchev–Trinajstić information content (AvgIpc) is 2.57. The molecule has 1 aliphatic heterocycles. The lowest BCUT2D eigenvalue weighted by atomic mass is 9.94. The third-order valence-corrected chi connectivity index (χ3v) is 3.88. The second kappa shape index (κ2) is 5.68. The summed E-state index contributed by atoms with van der Waals surface area (Å²) in [5.41, 5.74) is 1.28. The Balaban J connectivity index is 2.13. The summed E-state index contributed by atoms with van der Waals surface area (Å²) in [6, 6.07) is 7.84. The molecule has 0 aromatic heterocycles. The molecule has 1 atom stereocenters. The van der Waals surface area contributed by atoms with Crippen molar-refractivity contribution >= 4 is 11.6 Å². The molecular formula is C17H26N2O2. The van der Waals surface area contributed by atoms with E-state index in [9.17, 15) is 4.79 Å². The van der Waals surface area contributed by atoms with E-state index in [4.69, 9.17) is 4.74 Å².